The lowest BCUT2D eigenvalue weighted by molar-refractivity contribution is 0.283. The molecule has 2 aromatic rings. The lowest BCUT2D eigenvalue weighted by atomic mass is 10.1. The molecule has 5 heteroatoms. The van der Waals surface area contributed by atoms with E-state index in [0.717, 1.165) is 11.3 Å². The Morgan fingerprint density at radius 3 is 2.53 bits per heavy atom. The Kier molecular flexibility index (Phi) is 3.72. The topological polar surface area (TPSA) is 68.4 Å². The molecule has 1 N–H and O–H groups in total. The zero-order chi connectivity index (χ0) is 12.1. The van der Waals surface area contributed by atoms with E-state index in [1.54, 1.807) is 7.11 Å². The molecule has 0 unspecified atom stereocenters. The molecule has 1 heterocycles. The summed E-state index contributed by atoms with van der Waals surface area (Å²) in [4.78, 5) is 0. The average molecular weight is 234 g/mol. The van der Waals surface area contributed by atoms with Crippen molar-refractivity contribution in [2.45, 2.75) is 12.8 Å². The molecule has 5 nitrogen and oxygen atoms in total. The van der Waals surface area contributed by atoms with Gasteiger partial charge in [-0.1, -0.05) is 12.1 Å². The summed E-state index contributed by atoms with van der Waals surface area (Å²) >= 11 is 0. The Bertz CT molecular complexity index is 465. The fourth-order valence-corrected chi connectivity index (χ4v) is 1.47. The molecule has 1 aromatic carbocycles. The van der Waals surface area contributed by atoms with Gasteiger partial charge in [-0.3, -0.25) is 0 Å². The highest BCUT2D eigenvalue weighted by atomic mass is 16.5. The maximum absolute atomic E-state index is 8.73. The predicted molar refractivity (Wildman–Crippen MR) is 60.9 cm³/mol. The first-order valence-electron chi connectivity index (χ1n) is 5.37. The summed E-state index contributed by atoms with van der Waals surface area (Å²) in [7, 11) is 1.63. The Morgan fingerprint density at radius 2 is 1.88 bits per heavy atom. The highest BCUT2D eigenvalue weighted by Crippen LogP contribution is 2.14. The van der Waals surface area contributed by atoms with E-state index in [9.17, 15) is 0 Å². The molecule has 0 fully saturated rings. The zero-order valence-electron chi connectivity index (χ0n) is 9.59. The summed E-state index contributed by atoms with van der Waals surface area (Å²) in [6.45, 7) is 0.0180. The highest BCUT2D eigenvalue weighted by molar-refractivity contribution is 5.28. The molecule has 0 aliphatic carbocycles. The van der Waals surface area contributed by atoms with Crippen molar-refractivity contribution >= 4 is 0 Å². The van der Waals surface area contributed by atoms with Gasteiger partial charge in [0.05, 0.1) is 20.1 Å². The molecule has 0 aliphatic heterocycles. The fraction of sp³-hybridized carbons (Fsp3) is 0.333. The molecule has 0 radical (unpaired) electrons. The summed E-state index contributed by atoms with van der Waals surface area (Å²) < 4.78 is 10.4. The van der Waals surface area contributed by atoms with Crippen molar-refractivity contribution in [2.75, 3.05) is 13.7 Å². The van der Waals surface area contributed by atoms with Crippen LogP contribution in [0.3, 0.4) is 0 Å². The molecule has 0 atom stereocenters. The van der Waals surface area contributed by atoms with Crippen molar-refractivity contribution in [1.29, 1.82) is 0 Å². The van der Waals surface area contributed by atoms with Gasteiger partial charge in [0.25, 0.3) is 0 Å². The largest absolute Gasteiger partial charge is 0.497 e. The first-order valence-corrected chi connectivity index (χ1v) is 5.37. The normalized spacial score (nSPS) is 10.5. The number of aliphatic hydroxyl groups excluding tert-OH is 1. The molecule has 2 rings (SSSR count). The molecule has 0 aliphatic rings. The second kappa shape index (κ2) is 5.45. The lowest BCUT2D eigenvalue weighted by Gasteiger charge is -2.00. The molecule has 0 saturated heterocycles. The van der Waals surface area contributed by atoms with Crippen LogP contribution in [0, 0.1) is 0 Å². The minimum Gasteiger partial charge on any atom is -0.497 e. The molecule has 0 saturated carbocycles. The first-order chi connectivity index (χ1) is 8.31. The number of aromatic nitrogens is 2. The van der Waals surface area contributed by atoms with E-state index in [0.29, 0.717) is 24.6 Å². The number of aliphatic hydroxyl groups is 1. The van der Waals surface area contributed by atoms with Gasteiger partial charge < -0.3 is 14.3 Å². The highest BCUT2D eigenvalue weighted by Gasteiger charge is 2.06. The lowest BCUT2D eigenvalue weighted by Crippen LogP contribution is -1.89. The third-order valence-corrected chi connectivity index (χ3v) is 2.35. The van der Waals surface area contributed by atoms with Crippen LogP contribution < -0.4 is 4.74 Å². The van der Waals surface area contributed by atoms with Gasteiger partial charge in [-0.25, -0.2) is 0 Å². The van der Waals surface area contributed by atoms with Crippen molar-refractivity contribution in [3.05, 3.63) is 41.6 Å². The molecule has 1 aromatic heterocycles. The van der Waals surface area contributed by atoms with Gasteiger partial charge in [0.1, 0.15) is 5.75 Å². The van der Waals surface area contributed by atoms with E-state index in [2.05, 4.69) is 10.2 Å². The van der Waals surface area contributed by atoms with E-state index < -0.39 is 0 Å². The first kappa shape index (κ1) is 11.6. The van der Waals surface area contributed by atoms with Gasteiger partial charge in [0, 0.05) is 6.42 Å². The molecular weight excluding hydrogens is 220 g/mol. The van der Waals surface area contributed by atoms with Gasteiger partial charge >= 0.3 is 0 Å². The Hall–Kier alpha value is -1.88. The molecule has 17 heavy (non-hydrogen) atoms. The van der Waals surface area contributed by atoms with Crippen molar-refractivity contribution in [2.24, 2.45) is 0 Å². The van der Waals surface area contributed by atoms with Crippen LogP contribution in [0.1, 0.15) is 17.3 Å². The summed E-state index contributed by atoms with van der Waals surface area (Å²) in [6.07, 6.45) is 0.984. The summed E-state index contributed by atoms with van der Waals surface area (Å²) in [5.74, 6) is 1.84. The minimum absolute atomic E-state index is 0.0180. The van der Waals surface area contributed by atoms with Gasteiger partial charge in [-0.2, -0.15) is 0 Å². The second-order valence-corrected chi connectivity index (χ2v) is 3.59. The maximum Gasteiger partial charge on any atom is 0.220 e. The van der Waals surface area contributed by atoms with Gasteiger partial charge in [0.15, 0.2) is 0 Å². The quantitative estimate of drug-likeness (QED) is 0.842. The number of nitrogens with zero attached hydrogens (tertiary/aromatic N) is 2. The van der Waals surface area contributed by atoms with Crippen LogP contribution in [0.15, 0.2) is 28.7 Å². The van der Waals surface area contributed by atoms with Gasteiger partial charge in [0.2, 0.25) is 11.8 Å². The smallest absolute Gasteiger partial charge is 0.220 e. The number of benzene rings is 1. The predicted octanol–water partition coefficient (Wildman–Crippen LogP) is 1.20. The number of hydrogen-bond donors (Lipinski definition) is 1. The summed E-state index contributed by atoms with van der Waals surface area (Å²) in [5, 5.41) is 16.5. The molecule has 0 bridgehead atoms. The number of ether oxygens (including phenoxy) is 1. The van der Waals surface area contributed by atoms with E-state index >= 15 is 0 Å². The van der Waals surface area contributed by atoms with Gasteiger partial charge in [-0.05, 0) is 17.7 Å². The molecule has 90 valence electrons. The standard InChI is InChI=1S/C12H14N2O3/c1-16-10-4-2-9(3-5-10)8-12-14-13-11(17-12)6-7-15/h2-5,15H,6-8H2,1H3. The second-order valence-electron chi connectivity index (χ2n) is 3.59. The van der Waals surface area contributed by atoms with Gasteiger partial charge in [-0.15, -0.1) is 10.2 Å². The van der Waals surface area contributed by atoms with E-state index in [-0.39, 0.29) is 6.61 Å². The number of hydrogen-bond acceptors (Lipinski definition) is 5. The van der Waals surface area contributed by atoms with Crippen molar-refractivity contribution in [3.63, 3.8) is 0 Å². The van der Waals surface area contributed by atoms with Crippen LogP contribution in [0.4, 0.5) is 0 Å². The Labute approximate surface area is 99.1 Å². The van der Waals surface area contributed by atoms with Crippen molar-refractivity contribution in [1.82, 2.24) is 10.2 Å². The van der Waals surface area contributed by atoms with Crippen molar-refractivity contribution in [3.8, 4) is 5.75 Å². The number of methoxy groups -OCH3 is 1. The van der Waals surface area contributed by atoms with Crippen LogP contribution in [0.25, 0.3) is 0 Å². The van der Waals surface area contributed by atoms with Crippen LogP contribution in [-0.2, 0) is 12.8 Å². The Morgan fingerprint density at radius 1 is 1.18 bits per heavy atom. The molecular formula is C12H14N2O3. The minimum atomic E-state index is 0.0180. The Balaban J connectivity index is 2.03. The zero-order valence-corrected chi connectivity index (χ0v) is 9.59. The van der Waals surface area contributed by atoms with Crippen LogP contribution in [0.5, 0.6) is 5.75 Å². The number of rotatable bonds is 5. The van der Waals surface area contributed by atoms with Crippen LogP contribution in [0.2, 0.25) is 0 Å². The third-order valence-electron chi connectivity index (χ3n) is 2.35. The van der Waals surface area contributed by atoms with E-state index in [4.69, 9.17) is 14.3 Å². The monoisotopic (exact) mass is 234 g/mol. The van der Waals surface area contributed by atoms with Crippen LogP contribution >= 0.6 is 0 Å². The van der Waals surface area contributed by atoms with Crippen molar-refractivity contribution < 1.29 is 14.3 Å². The summed E-state index contributed by atoms with van der Waals surface area (Å²) in [6, 6.07) is 7.68. The SMILES string of the molecule is COc1ccc(Cc2nnc(CCO)o2)cc1. The molecule has 0 spiro atoms. The maximum atomic E-state index is 8.73. The molecule has 0 amide bonds. The average Bonchev–Trinajstić information content (AvgIpc) is 2.78. The fourth-order valence-electron chi connectivity index (χ4n) is 1.47. The third kappa shape index (κ3) is 3.04. The van der Waals surface area contributed by atoms with Crippen LogP contribution in [-0.4, -0.2) is 29.0 Å². The van der Waals surface area contributed by atoms with E-state index in [1.807, 2.05) is 24.3 Å². The van der Waals surface area contributed by atoms with E-state index in [1.165, 1.54) is 0 Å². The summed E-state index contributed by atoms with van der Waals surface area (Å²) in [5.41, 5.74) is 1.07.